The number of nitrogens with one attached hydrogen (secondary N) is 1. The van der Waals surface area contributed by atoms with Crippen molar-refractivity contribution in [2.24, 2.45) is 0 Å². The van der Waals surface area contributed by atoms with Gasteiger partial charge in [-0.3, -0.25) is 5.41 Å². The normalized spacial score (nSPS) is 30.0. The van der Waals surface area contributed by atoms with Crippen molar-refractivity contribution < 1.29 is 28.4 Å². The highest BCUT2D eigenvalue weighted by molar-refractivity contribution is 6.76. The third-order valence-corrected chi connectivity index (χ3v) is 5.98. The van der Waals surface area contributed by atoms with E-state index in [1.54, 1.807) is 0 Å². The van der Waals surface area contributed by atoms with E-state index in [2.05, 4.69) is 13.8 Å². The second-order valence-corrected chi connectivity index (χ2v) is 10.3. The van der Waals surface area contributed by atoms with E-state index in [-0.39, 0.29) is 6.61 Å². The van der Waals surface area contributed by atoms with E-state index >= 15 is 0 Å². The molecule has 3 rings (SSSR count). The molecule has 0 amide bonds. The summed E-state index contributed by atoms with van der Waals surface area (Å²) in [5.41, 5.74) is 0.906. The zero-order chi connectivity index (χ0) is 23.8. The summed E-state index contributed by atoms with van der Waals surface area (Å²) in [6, 6.07) is 9.71. The number of hydrogen-bond donors (Lipinski definition) is 1. The molecule has 0 aliphatic carbocycles. The minimum absolute atomic E-state index is 0.251. The van der Waals surface area contributed by atoms with Crippen molar-refractivity contribution >= 4 is 40.7 Å². The Morgan fingerprint density at radius 3 is 2.24 bits per heavy atom. The van der Waals surface area contributed by atoms with Crippen molar-refractivity contribution in [1.29, 1.82) is 5.41 Å². The second-order valence-electron chi connectivity index (χ2n) is 8.04. The standard InChI is InChI=1S/C23H32Cl3NO6/c1-3-5-12-28-18-17-16(14-30-20(32-17)15-10-8-7-9-11-15)31-21(19(18)29-13-6-4-2)33-22(27)23(24,25)26/h7-11,16-21,27H,3-6,12-14H2,1-2H3/t16?,17-,18-,19?,20?,21+/m0/s1. The molecule has 6 atom stereocenters. The van der Waals surface area contributed by atoms with Crippen LogP contribution in [0.4, 0.5) is 0 Å². The van der Waals surface area contributed by atoms with Gasteiger partial charge in [-0.05, 0) is 12.8 Å². The van der Waals surface area contributed by atoms with Gasteiger partial charge in [0, 0.05) is 18.8 Å². The molecule has 0 bridgehead atoms. The fourth-order valence-electron chi connectivity index (χ4n) is 3.70. The topological polar surface area (TPSA) is 79.2 Å². The first-order valence-electron chi connectivity index (χ1n) is 11.4. The molecule has 2 aliphatic heterocycles. The SMILES string of the molecule is CCCCOC1[C@@H](OC(=N)C(Cl)(Cl)Cl)OC2COC(c3ccccc3)O[C@@H]2[C@@H]1OCCCC. The summed E-state index contributed by atoms with van der Waals surface area (Å²) in [6.45, 7) is 5.41. The van der Waals surface area contributed by atoms with Gasteiger partial charge in [0.25, 0.3) is 3.79 Å². The fourth-order valence-corrected chi connectivity index (χ4v) is 3.83. The van der Waals surface area contributed by atoms with Crippen LogP contribution >= 0.6 is 34.8 Å². The summed E-state index contributed by atoms with van der Waals surface area (Å²) in [5.74, 6) is -0.549. The van der Waals surface area contributed by atoms with Crippen LogP contribution in [0.25, 0.3) is 0 Å². The van der Waals surface area contributed by atoms with Crippen molar-refractivity contribution in [2.45, 2.75) is 80.3 Å². The Hall–Kier alpha value is -0.640. The number of fused-ring (bicyclic) bond motifs is 1. The lowest BCUT2D eigenvalue weighted by Gasteiger charge is -2.48. The third-order valence-electron chi connectivity index (χ3n) is 5.46. The van der Waals surface area contributed by atoms with E-state index in [0.29, 0.717) is 13.2 Å². The van der Waals surface area contributed by atoms with E-state index in [1.165, 1.54) is 0 Å². The van der Waals surface area contributed by atoms with Crippen LogP contribution in [0.15, 0.2) is 30.3 Å². The van der Waals surface area contributed by atoms with Gasteiger partial charge in [0.15, 0.2) is 6.29 Å². The molecule has 0 aromatic heterocycles. The summed E-state index contributed by atoms with van der Waals surface area (Å²) in [4.78, 5) is 0. The Labute approximate surface area is 210 Å². The summed E-state index contributed by atoms with van der Waals surface area (Å²) in [7, 11) is 0. The van der Waals surface area contributed by atoms with Gasteiger partial charge in [-0.25, -0.2) is 0 Å². The molecule has 2 aliphatic rings. The molecule has 1 aromatic rings. The molecule has 2 saturated heterocycles. The van der Waals surface area contributed by atoms with Crippen molar-refractivity contribution in [2.75, 3.05) is 19.8 Å². The summed E-state index contributed by atoms with van der Waals surface area (Å²) in [6.07, 6.45) is -0.0799. The number of unbranched alkanes of at least 4 members (excludes halogenated alkanes) is 2. The minimum Gasteiger partial charge on any atom is -0.445 e. The van der Waals surface area contributed by atoms with Crippen molar-refractivity contribution in [3.8, 4) is 0 Å². The summed E-state index contributed by atoms with van der Waals surface area (Å²) < 4.78 is 34.5. The largest absolute Gasteiger partial charge is 0.445 e. The second kappa shape index (κ2) is 12.9. The molecule has 1 aromatic carbocycles. The first-order chi connectivity index (χ1) is 15.8. The van der Waals surface area contributed by atoms with E-state index < -0.39 is 46.7 Å². The van der Waals surface area contributed by atoms with Crippen LogP contribution in [0.2, 0.25) is 0 Å². The average Bonchev–Trinajstić information content (AvgIpc) is 2.80. The number of ether oxygens (including phenoxy) is 6. The van der Waals surface area contributed by atoms with Gasteiger partial charge < -0.3 is 28.4 Å². The van der Waals surface area contributed by atoms with E-state index in [4.69, 9.17) is 68.6 Å². The van der Waals surface area contributed by atoms with Gasteiger partial charge in [-0.1, -0.05) is 91.8 Å². The number of halogens is 3. The first-order valence-corrected chi connectivity index (χ1v) is 12.5. The van der Waals surface area contributed by atoms with Crippen LogP contribution in [0.5, 0.6) is 0 Å². The Morgan fingerprint density at radius 2 is 1.64 bits per heavy atom. The predicted octanol–water partition coefficient (Wildman–Crippen LogP) is 5.56. The number of rotatable bonds is 10. The molecule has 0 radical (unpaired) electrons. The molecular weight excluding hydrogens is 493 g/mol. The molecule has 2 fully saturated rings. The van der Waals surface area contributed by atoms with Crippen LogP contribution in [0.3, 0.4) is 0 Å². The monoisotopic (exact) mass is 523 g/mol. The van der Waals surface area contributed by atoms with Crippen molar-refractivity contribution in [3.05, 3.63) is 35.9 Å². The molecule has 0 spiro atoms. The third kappa shape index (κ3) is 7.42. The maximum atomic E-state index is 8.03. The molecule has 7 nitrogen and oxygen atoms in total. The lowest BCUT2D eigenvalue weighted by atomic mass is 9.97. The Bertz CT molecular complexity index is 735. The van der Waals surface area contributed by atoms with Gasteiger partial charge in [0.1, 0.15) is 24.4 Å². The van der Waals surface area contributed by atoms with Gasteiger partial charge >= 0.3 is 0 Å². The minimum atomic E-state index is -2.02. The van der Waals surface area contributed by atoms with Gasteiger partial charge in [0.05, 0.1) is 6.61 Å². The highest BCUT2D eigenvalue weighted by atomic mass is 35.6. The van der Waals surface area contributed by atoms with Crippen LogP contribution in [-0.4, -0.2) is 60.2 Å². The average molecular weight is 525 g/mol. The molecule has 2 heterocycles. The number of hydrogen-bond acceptors (Lipinski definition) is 7. The molecule has 186 valence electrons. The Kier molecular flexibility index (Phi) is 10.5. The van der Waals surface area contributed by atoms with Gasteiger partial charge in [0.2, 0.25) is 12.2 Å². The molecule has 3 unspecified atom stereocenters. The predicted molar refractivity (Wildman–Crippen MR) is 127 cm³/mol. The van der Waals surface area contributed by atoms with Gasteiger partial charge in [-0.2, -0.15) is 0 Å². The molecule has 33 heavy (non-hydrogen) atoms. The van der Waals surface area contributed by atoms with Crippen LogP contribution < -0.4 is 0 Å². The maximum Gasteiger partial charge on any atom is 0.265 e. The quantitative estimate of drug-likeness (QED) is 0.187. The lowest BCUT2D eigenvalue weighted by Crippen LogP contribution is -2.64. The lowest BCUT2D eigenvalue weighted by molar-refractivity contribution is -0.361. The molecule has 1 N–H and O–H groups in total. The van der Waals surface area contributed by atoms with Crippen molar-refractivity contribution in [1.82, 2.24) is 0 Å². The smallest absolute Gasteiger partial charge is 0.265 e. The van der Waals surface area contributed by atoms with Crippen molar-refractivity contribution in [3.63, 3.8) is 0 Å². The zero-order valence-electron chi connectivity index (χ0n) is 18.9. The summed E-state index contributed by atoms with van der Waals surface area (Å²) >= 11 is 17.5. The highest BCUT2D eigenvalue weighted by Gasteiger charge is 2.53. The van der Waals surface area contributed by atoms with E-state index in [0.717, 1.165) is 31.2 Å². The zero-order valence-corrected chi connectivity index (χ0v) is 21.2. The molecule has 10 heteroatoms. The Balaban J connectivity index is 1.84. The van der Waals surface area contributed by atoms with Crippen LogP contribution in [0, 0.1) is 5.41 Å². The molecule has 0 saturated carbocycles. The van der Waals surface area contributed by atoms with E-state index in [9.17, 15) is 0 Å². The highest BCUT2D eigenvalue weighted by Crippen LogP contribution is 2.38. The summed E-state index contributed by atoms with van der Waals surface area (Å²) in [5, 5.41) is 8.03. The van der Waals surface area contributed by atoms with Crippen LogP contribution in [0.1, 0.15) is 51.4 Å². The fraction of sp³-hybridized carbons (Fsp3) is 0.696. The van der Waals surface area contributed by atoms with Crippen LogP contribution in [-0.2, 0) is 28.4 Å². The number of benzene rings is 1. The molecular formula is C23H32Cl3NO6. The number of alkyl halides is 3. The van der Waals surface area contributed by atoms with E-state index in [1.807, 2.05) is 30.3 Å². The Morgan fingerprint density at radius 1 is 1.00 bits per heavy atom. The maximum absolute atomic E-state index is 8.03. The van der Waals surface area contributed by atoms with Gasteiger partial charge in [-0.15, -0.1) is 0 Å². The first kappa shape index (κ1) is 27.0.